The number of hydrogen-bond donors (Lipinski definition) is 2. The molecule has 0 spiro atoms. The van der Waals surface area contributed by atoms with E-state index in [1.165, 1.54) is 10.9 Å². The summed E-state index contributed by atoms with van der Waals surface area (Å²) in [5.74, 6) is 1.58. The summed E-state index contributed by atoms with van der Waals surface area (Å²) >= 11 is 0. The number of aromatic nitrogens is 1. The van der Waals surface area contributed by atoms with Gasteiger partial charge in [0.25, 0.3) is 0 Å². The molecule has 1 atom stereocenters. The van der Waals surface area contributed by atoms with E-state index in [-0.39, 0.29) is 0 Å². The molecule has 3 heteroatoms. The van der Waals surface area contributed by atoms with Gasteiger partial charge in [0.1, 0.15) is 5.82 Å². The van der Waals surface area contributed by atoms with Crippen molar-refractivity contribution in [2.75, 3.05) is 25.5 Å². The highest BCUT2D eigenvalue weighted by molar-refractivity contribution is 5.81. The number of rotatable bonds is 5. The molecule has 2 aromatic rings. The van der Waals surface area contributed by atoms with E-state index in [2.05, 4.69) is 47.7 Å². The van der Waals surface area contributed by atoms with Crippen molar-refractivity contribution >= 4 is 16.7 Å². The van der Waals surface area contributed by atoms with E-state index in [9.17, 15) is 0 Å². The Morgan fingerprint density at radius 3 is 2.78 bits per heavy atom. The molecule has 0 aliphatic carbocycles. The van der Waals surface area contributed by atoms with Crippen LogP contribution in [-0.2, 0) is 0 Å². The zero-order valence-corrected chi connectivity index (χ0v) is 11.3. The maximum atomic E-state index is 4.68. The molecule has 0 bridgehead atoms. The highest BCUT2D eigenvalue weighted by Gasteiger charge is 2.05. The molecule has 96 valence electrons. The van der Waals surface area contributed by atoms with Crippen molar-refractivity contribution in [3.05, 3.63) is 35.9 Å². The van der Waals surface area contributed by atoms with Gasteiger partial charge in [0.05, 0.1) is 5.52 Å². The third kappa shape index (κ3) is 2.99. The predicted octanol–water partition coefficient (Wildman–Crippen LogP) is 2.81. The maximum absolute atomic E-state index is 4.68. The fourth-order valence-corrected chi connectivity index (χ4v) is 2.09. The van der Waals surface area contributed by atoms with Gasteiger partial charge in [-0.05, 0) is 44.1 Å². The average molecular weight is 243 g/mol. The molecular weight excluding hydrogens is 222 g/mol. The van der Waals surface area contributed by atoms with Crippen LogP contribution in [0, 0.1) is 12.8 Å². The third-order valence-electron chi connectivity index (χ3n) is 3.09. The lowest BCUT2D eigenvalue weighted by molar-refractivity contribution is 0.569. The average Bonchev–Trinajstić information content (AvgIpc) is 2.36. The predicted molar refractivity (Wildman–Crippen MR) is 78.1 cm³/mol. The Kier molecular flexibility index (Phi) is 4.15. The van der Waals surface area contributed by atoms with Crippen LogP contribution < -0.4 is 10.6 Å². The van der Waals surface area contributed by atoms with Gasteiger partial charge in [-0.15, -0.1) is 0 Å². The third-order valence-corrected chi connectivity index (χ3v) is 3.09. The Morgan fingerprint density at radius 1 is 1.22 bits per heavy atom. The van der Waals surface area contributed by atoms with Crippen molar-refractivity contribution in [2.45, 2.75) is 13.8 Å². The van der Waals surface area contributed by atoms with Crippen LogP contribution in [0.4, 0.5) is 5.82 Å². The normalized spacial score (nSPS) is 12.6. The molecule has 3 nitrogen and oxygen atoms in total. The summed E-state index contributed by atoms with van der Waals surface area (Å²) in [7, 11) is 1.98. The number of aryl methyl sites for hydroxylation is 1. The van der Waals surface area contributed by atoms with E-state index in [1.54, 1.807) is 0 Å². The van der Waals surface area contributed by atoms with E-state index in [0.717, 1.165) is 24.4 Å². The zero-order chi connectivity index (χ0) is 13.0. The molecule has 1 aromatic heterocycles. The first-order chi connectivity index (χ1) is 8.70. The topological polar surface area (TPSA) is 37.0 Å². The lowest BCUT2D eigenvalue weighted by atomic mass is 10.1. The standard InChI is InChI=1S/C15H21N3/c1-11(9-16-3)10-17-15-12(2)8-13-6-4-5-7-14(13)18-15/h4-8,11,16H,9-10H2,1-3H3,(H,17,18). The number of pyridine rings is 1. The van der Waals surface area contributed by atoms with Gasteiger partial charge in [-0.25, -0.2) is 4.98 Å². The Balaban J connectivity index is 2.15. The van der Waals surface area contributed by atoms with Crippen LogP contribution in [0.5, 0.6) is 0 Å². The second kappa shape index (κ2) is 5.83. The molecule has 0 amide bonds. The van der Waals surface area contributed by atoms with Crippen molar-refractivity contribution < 1.29 is 0 Å². The van der Waals surface area contributed by atoms with Crippen LogP contribution in [0.25, 0.3) is 10.9 Å². The van der Waals surface area contributed by atoms with Crippen molar-refractivity contribution in [1.29, 1.82) is 0 Å². The smallest absolute Gasteiger partial charge is 0.129 e. The molecule has 2 N–H and O–H groups in total. The molecule has 0 aliphatic heterocycles. The van der Waals surface area contributed by atoms with E-state index in [4.69, 9.17) is 0 Å². The number of anilines is 1. The first kappa shape index (κ1) is 12.8. The van der Waals surface area contributed by atoms with Gasteiger partial charge in [-0.3, -0.25) is 0 Å². The van der Waals surface area contributed by atoms with E-state index >= 15 is 0 Å². The van der Waals surface area contributed by atoms with Crippen LogP contribution in [-0.4, -0.2) is 25.1 Å². The molecule has 0 aliphatic rings. The fraction of sp³-hybridized carbons (Fsp3) is 0.400. The van der Waals surface area contributed by atoms with Crippen molar-refractivity contribution in [3.8, 4) is 0 Å². The Labute approximate surface area is 109 Å². The molecule has 18 heavy (non-hydrogen) atoms. The van der Waals surface area contributed by atoms with Crippen LogP contribution in [0.3, 0.4) is 0 Å². The highest BCUT2D eigenvalue weighted by Crippen LogP contribution is 2.19. The van der Waals surface area contributed by atoms with Crippen molar-refractivity contribution in [1.82, 2.24) is 10.3 Å². The minimum atomic E-state index is 0.586. The first-order valence-electron chi connectivity index (χ1n) is 6.45. The molecule has 0 fully saturated rings. The number of nitrogens with one attached hydrogen (secondary N) is 2. The molecule has 1 unspecified atom stereocenters. The summed E-state index contributed by atoms with van der Waals surface area (Å²) in [6.45, 7) is 6.27. The monoisotopic (exact) mass is 243 g/mol. The Morgan fingerprint density at radius 2 is 2.00 bits per heavy atom. The molecule has 0 saturated carbocycles. The minimum absolute atomic E-state index is 0.586. The number of fused-ring (bicyclic) bond motifs is 1. The molecular formula is C15H21N3. The van der Waals surface area contributed by atoms with Crippen LogP contribution in [0.1, 0.15) is 12.5 Å². The van der Waals surface area contributed by atoms with Crippen LogP contribution in [0.15, 0.2) is 30.3 Å². The van der Waals surface area contributed by atoms with E-state index < -0.39 is 0 Å². The SMILES string of the molecule is CNCC(C)CNc1nc2ccccc2cc1C. The van der Waals surface area contributed by atoms with Gasteiger partial charge in [-0.2, -0.15) is 0 Å². The van der Waals surface area contributed by atoms with Crippen molar-refractivity contribution in [2.24, 2.45) is 5.92 Å². The lowest BCUT2D eigenvalue weighted by Gasteiger charge is -2.14. The molecule has 0 radical (unpaired) electrons. The second-order valence-corrected chi connectivity index (χ2v) is 4.89. The number of nitrogens with zero attached hydrogens (tertiary/aromatic N) is 1. The highest BCUT2D eigenvalue weighted by atomic mass is 15.0. The summed E-state index contributed by atoms with van der Waals surface area (Å²) in [6.07, 6.45) is 0. The Bertz CT molecular complexity index is 522. The minimum Gasteiger partial charge on any atom is -0.370 e. The lowest BCUT2D eigenvalue weighted by Crippen LogP contribution is -2.23. The molecule has 1 aromatic carbocycles. The molecule has 1 heterocycles. The maximum Gasteiger partial charge on any atom is 0.129 e. The summed E-state index contributed by atoms with van der Waals surface area (Å²) < 4.78 is 0. The summed E-state index contributed by atoms with van der Waals surface area (Å²) in [5.41, 5.74) is 2.25. The van der Waals surface area contributed by atoms with Gasteiger partial charge in [0.15, 0.2) is 0 Å². The number of para-hydroxylation sites is 1. The van der Waals surface area contributed by atoms with Crippen LogP contribution >= 0.6 is 0 Å². The van der Waals surface area contributed by atoms with Crippen molar-refractivity contribution in [3.63, 3.8) is 0 Å². The first-order valence-corrected chi connectivity index (χ1v) is 6.45. The zero-order valence-electron chi connectivity index (χ0n) is 11.3. The van der Waals surface area contributed by atoms with Gasteiger partial charge in [0, 0.05) is 11.9 Å². The largest absolute Gasteiger partial charge is 0.370 e. The summed E-state index contributed by atoms with van der Waals surface area (Å²) in [5, 5.41) is 7.82. The molecule has 0 saturated heterocycles. The van der Waals surface area contributed by atoms with E-state index in [1.807, 2.05) is 19.2 Å². The van der Waals surface area contributed by atoms with Gasteiger partial charge in [0.2, 0.25) is 0 Å². The van der Waals surface area contributed by atoms with Gasteiger partial charge in [-0.1, -0.05) is 25.1 Å². The van der Waals surface area contributed by atoms with Gasteiger partial charge < -0.3 is 10.6 Å². The Hall–Kier alpha value is -1.61. The quantitative estimate of drug-likeness (QED) is 0.848. The number of hydrogen-bond acceptors (Lipinski definition) is 3. The van der Waals surface area contributed by atoms with Gasteiger partial charge >= 0.3 is 0 Å². The second-order valence-electron chi connectivity index (χ2n) is 4.89. The van der Waals surface area contributed by atoms with Crippen LogP contribution in [0.2, 0.25) is 0 Å². The number of benzene rings is 1. The molecule has 2 rings (SSSR count). The summed E-state index contributed by atoms with van der Waals surface area (Å²) in [6, 6.07) is 10.4. The fourth-order valence-electron chi connectivity index (χ4n) is 2.09. The summed E-state index contributed by atoms with van der Waals surface area (Å²) in [4.78, 5) is 4.68. The van der Waals surface area contributed by atoms with E-state index in [0.29, 0.717) is 5.92 Å².